The molecule has 4 heterocycles. The van der Waals surface area contributed by atoms with E-state index in [9.17, 15) is 14.7 Å². The van der Waals surface area contributed by atoms with Crippen LogP contribution in [0.1, 0.15) is 102 Å². The average Bonchev–Trinajstić information content (AvgIpc) is 3.16. The number of azide groups is 1. The molecule has 16 nitrogen and oxygen atoms in total. The van der Waals surface area contributed by atoms with Crippen molar-refractivity contribution >= 4 is 11.9 Å². The van der Waals surface area contributed by atoms with Gasteiger partial charge in [0.05, 0.1) is 49.8 Å². The smallest absolute Gasteiger partial charge is 0.303 e. The molecule has 0 radical (unpaired) electrons. The molecule has 0 aromatic heterocycles. The molecule has 1 N–H and O–H groups in total. The van der Waals surface area contributed by atoms with Crippen molar-refractivity contribution in [2.45, 2.75) is 182 Å². The van der Waals surface area contributed by atoms with Crippen LogP contribution in [0.2, 0.25) is 0 Å². The normalized spacial score (nSPS) is 44.4. The number of carbonyl (C=O) groups is 2. The number of carbonyl (C=O) groups excluding carboxylic acids is 2. The molecule has 20 atom stereocenters. The maximum atomic E-state index is 12.7. The van der Waals surface area contributed by atoms with E-state index in [0.717, 1.165) is 6.42 Å². The minimum atomic E-state index is -1.13. The Kier molecular flexibility index (Phi) is 17.7. The summed E-state index contributed by atoms with van der Waals surface area (Å²) in [5.74, 6) is -1.64. The van der Waals surface area contributed by atoms with Gasteiger partial charge in [-0.15, -0.1) is 0 Å². The molecule has 56 heavy (non-hydrogen) atoms. The average molecular weight is 800 g/mol. The molecule has 0 amide bonds. The van der Waals surface area contributed by atoms with Crippen LogP contribution in [-0.4, -0.2) is 117 Å². The van der Waals surface area contributed by atoms with E-state index >= 15 is 0 Å². The predicted octanol–water partition coefficient (Wildman–Crippen LogP) is 5.91. The summed E-state index contributed by atoms with van der Waals surface area (Å²) >= 11 is 0. The quantitative estimate of drug-likeness (QED) is 0.0637. The van der Waals surface area contributed by atoms with Gasteiger partial charge in [0, 0.05) is 49.0 Å². The van der Waals surface area contributed by atoms with Crippen molar-refractivity contribution in [3.63, 3.8) is 0 Å². The molecule has 4 aliphatic rings. The summed E-state index contributed by atoms with van der Waals surface area (Å²) in [6.07, 6.45) is -6.04. The third-order valence-corrected chi connectivity index (χ3v) is 12.8. The first-order valence-electron chi connectivity index (χ1n) is 20.8. The molecule has 0 aliphatic carbocycles. The van der Waals surface area contributed by atoms with Crippen molar-refractivity contribution in [1.82, 2.24) is 0 Å². The Bertz CT molecular complexity index is 1300. The van der Waals surface area contributed by atoms with Crippen LogP contribution in [0.5, 0.6) is 0 Å². The number of nitrogens with zero attached hydrogens (tertiary/aromatic N) is 3. The fraction of sp³-hybridized carbons (Fsp3) is 0.950. The van der Waals surface area contributed by atoms with Gasteiger partial charge in [0.15, 0.2) is 37.4 Å². The highest BCUT2D eigenvalue weighted by Crippen LogP contribution is 2.43. The number of hydrogen-bond acceptors (Lipinski definition) is 14. The fourth-order valence-corrected chi connectivity index (χ4v) is 8.73. The standard InChI is InChI=1S/C40H69N3O13/c1-13-28-19(4)20(5)35(48-26(11)45)39(50-28)56-34-25(10)31(18-44)53-40(36(34)49-27(12)46)55-33-22(7)24(9)38(52-30(33)15-3)54-32-21(6)23(8)37(51-29(32)14-2)47-17-16-42-43-41/h19-25,28-40,44H,13-18H2,1-12H3/t19-,20?,21+,22+,23?,24?,25+,28-,29?,30?,31?,32-,33-,34-,35?,36?,37+,38-,39+,40-/m0/s1. The molecular weight excluding hydrogens is 730 g/mol. The van der Waals surface area contributed by atoms with Crippen molar-refractivity contribution < 1.29 is 62.1 Å². The third-order valence-electron chi connectivity index (χ3n) is 12.8. The van der Waals surface area contributed by atoms with Crippen molar-refractivity contribution in [3.05, 3.63) is 10.4 Å². The summed E-state index contributed by atoms with van der Waals surface area (Å²) in [6, 6.07) is 0. The van der Waals surface area contributed by atoms with E-state index in [1.807, 2.05) is 27.7 Å². The Morgan fingerprint density at radius 1 is 0.571 bits per heavy atom. The number of ether oxygens (including phenoxy) is 10. The molecule has 4 fully saturated rings. The lowest BCUT2D eigenvalue weighted by atomic mass is 9.81. The first kappa shape index (κ1) is 46.6. The van der Waals surface area contributed by atoms with Crippen molar-refractivity contribution in [2.24, 2.45) is 46.5 Å². The van der Waals surface area contributed by atoms with E-state index in [4.69, 9.17) is 52.9 Å². The Labute approximate surface area is 332 Å². The van der Waals surface area contributed by atoms with Gasteiger partial charge in [-0.2, -0.15) is 0 Å². The maximum Gasteiger partial charge on any atom is 0.303 e. The Morgan fingerprint density at radius 3 is 1.55 bits per heavy atom. The molecule has 0 spiro atoms. The van der Waals surface area contributed by atoms with Crippen molar-refractivity contribution in [3.8, 4) is 0 Å². The lowest BCUT2D eigenvalue weighted by molar-refractivity contribution is -0.370. The minimum Gasteiger partial charge on any atom is -0.457 e. The lowest BCUT2D eigenvalue weighted by Gasteiger charge is -2.51. The first-order valence-corrected chi connectivity index (χ1v) is 20.8. The van der Waals surface area contributed by atoms with Crippen LogP contribution in [0.25, 0.3) is 10.4 Å². The van der Waals surface area contributed by atoms with Gasteiger partial charge in [0.25, 0.3) is 0 Å². The van der Waals surface area contributed by atoms with Crippen molar-refractivity contribution in [1.29, 1.82) is 0 Å². The second kappa shape index (κ2) is 21.2. The van der Waals surface area contributed by atoms with E-state index in [1.54, 1.807) is 0 Å². The zero-order valence-electron chi connectivity index (χ0n) is 35.5. The molecule has 4 aliphatic heterocycles. The summed E-state index contributed by atoms with van der Waals surface area (Å²) < 4.78 is 64.0. The van der Waals surface area contributed by atoms with Crippen LogP contribution in [-0.2, 0) is 57.0 Å². The van der Waals surface area contributed by atoms with Crippen LogP contribution in [0.3, 0.4) is 0 Å². The van der Waals surface area contributed by atoms with Gasteiger partial charge in [0.1, 0.15) is 6.10 Å². The number of aliphatic hydroxyl groups is 1. The predicted molar refractivity (Wildman–Crippen MR) is 202 cm³/mol. The molecule has 0 saturated carbocycles. The SMILES string of the molecule is CCC1O[C@@H](OCCN=[N+]=[N-])C(C)[C@@H](C)[C@@H]1O[C@@H]1OC(CC)[C@@H](O[C@@H]2OC(CO)[C@@H](C)[C@H](O[C@H]3O[C@@H](CC)[C@@H](C)C(C)C3OC(C)=O)C2OC(C)=O)[C@H](C)C1C. The fourth-order valence-electron chi connectivity index (χ4n) is 8.73. The van der Waals surface area contributed by atoms with Gasteiger partial charge >= 0.3 is 11.9 Å². The highest BCUT2D eigenvalue weighted by molar-refractivity contribution is 5.66. The van der Waals surface area contributed by atoms with Gasteiger partial charge in [-0.05, 0) is 42.5 Å². The van der Waals surface area contributed by atoms with Crippen LogP contribution in [0.15, 0.2) is 5.11 Å². The van der Waals surface area contributed by atoms with E-state index in [0.29, 0.717) is 12.8 Å². The van der Waals surface area contributed by atoms with E-state index < -0.39 is 79.6 Å². The summed E-state index contributed by atoms with van der Waals surface area (Å²) in [4.78, 5) is 27.8. The monoisotopic (exact) mass is 799 g/mol. The minimum absolute atomic E-state index is 0.00436. The summed E-state index contributed by atoms with van der Waals surface area (Å²) in [6.45, 7) is 23.2. The molecule has 8 unspecified atom stereocenters. The molecule has 0 bridgehead atoms. The zero-order valence-corrected chi connectivity index (χ0v) is 35.5. The van der Waals surface area contributed by atoms with E-state index in [1.165, 1.54) is 13.8 Å². The second-order valence-electron chi connectivity index (χ2n) is 16.4. The van der Waals surface area contributed by atoms with Gasteiger partial charge < -0.3 is 52.5 Å². The Hall–Kier alpha value is -2.11. The molecule has 322 valence electrons. The molecule has 4 rings (SSSR count). The van der Waals surface area contributed by atoms with Crippen LogP contribution in [0, 0.1) is 41.4 Å². The van der Waals surface area contributed by atoms with Crippen LogP contribution in [0.4, 0.5) is 0 Å². The summed E-state index contributed by atoms with van der Waals surface area (Å²) in [5.41, 5.74) is 8.62. The molecule has 0 aromatic rings. The molecule has 4 saturated heterocycles. The summed E-state index contributed by atoms with van der Waals surface area (Å²) in [7, 11) is 0. The zero-order chi connectivity index (χ0) is 41.4. The lowest BCUT2D eigenvalue weighted by Crippen LogP contribution is -2.63. The molecule has 16 heteroatoms. The Morgan fingerprint density at radius 2 is 1.02 bits per heavy atom. The van der Waals surface area contributed by atoms with Crippen LogP contribution >= 0.6 is 0 Å². The topological polar surface area (TPSA) is 195 Å². The van der Waals surface area contributed by atoms with Gasteiger partial charge in [-0.1, -0.05) is 74.4 Å². The largest absolute Gasteiger partial charge is 0.457 e. The van der Waals surface area contributed by atoms with E-state index in [-0.39, 0.29) is 73.6 Å². The third kappa shape index (κ3) is 10.7. The van der Waals surface area contributed by atoms with Gasteiger partial charge in [0.2, 0.25) is 0 Å². The van der Waals surface area contributed by atoms with E-state index in [2.05, 4.69) is 51.6 Å². The number of rotatable bonds is 16. The highest BCUT2D eigenvalue weighted by atomic mass is 16.8. The van der Waals surface area contributed by atoms with Gasteiger partial charge in [-0.25, -0.2) is 0 Å². The number of esters is 2. The first-order chi connectivity index (χ1) is 26.6. The maximum absolute atomic E-state index is 12.7. The number of hydrogen-bond donors (Lipinski definition) is 1. The highest BCUT2D eigenvalue weighted by Gasteiger charge is 2.54. The van der Waals surface area contributed by atoms with Gasteiger partial charge in [-0.3, -0.25) is 9.59 Å². The molecular formula is C40H69N3O13. The number of aliphatic hydroxyl groups excluding tert-OH is 1. The molecule has 0 aromatic carbocycles. The van der Waals surface area contributed by atoms with Crippen LogP contribution < -0.4 is 0 Å². The second-order valence-corrected chi connectivity index (χ2v) is 16.4. The Balaban J connectivity index is 1.55. The van der Waals surface area contributed by atoms with Crippen molar-refractivity contribution in [2.75, 3.05) is 19.8 Å². The summed E-state index contributed by atoms with van der Waals surface area (Å²) in [5, 5.41) is 14.1.